The van der Waals surface area contributed by atoms with Crippen molar-refractivity contribution in [3.05, 3.63) is 0 Å². The van der Waals surface area contributed by atoms with Gasteiger partial charge in [-0.2, -0.15) is 0 Å². The first kappa shape index (κ1) is 48.8. The third-order valence-electron chi connectivity index (χ3n) is 12.9. The average molecular weight is 767 g/mol. The first-order chi connectivity index (χ1) is 20.7. The third-order valence-corrected chi connectivity index (χ3v) is 35.3. The fraction of sp³-hybridized carbons (Fsp3) is 1.00. The molecule has 0 spiro atoms. The van der Waals surface area contributed by atoms with Crippen molar-refractivity contribution in [2.75, 3.05) is 20.2 Å². The standard InChI is InChI=1S/C37H87NO5Si5/c1-33(2,3)44(17,18)39-28-30(41-46(21,22)35(7,8)9)32(43-48(25,26)37(13,14)15)31(42-47(23,24)36(10,11)12)29(27-38-16)40-45(19,20)34(4,5)6/h29-32,38H,27-28H2,1-26H3/t29?,30-,31-,32-/m0/s1. The first-order valence-corrected chi connectivity index (χ1v) is 33.2. The predicted octanol–water partition coefficient (Wildman–Crippen LogP) is 11.8. The van der Waals surface area contributed by atoms with Crippen LogP contribution in [0.25, 0.3) is 0 Å². The zero-order valence-corrected chi connectivity index (χ0v) is 42.3. The number of nitrogens with one attached hydrogen (secondary N) is 1. The molecule has 0 amide bonds. The van der Waals surface area contributed by atoms with Gasteiger partial charge in [-0.25, -0.2) is 0 Å². The second-order valence-corrected chi connectivity index (χ2v) is 46.0. The van der Waals surface area contributed by atoms with E-state index in [0.717, 1.165) is 0 Å². The van der Waals surface area contributed by atoms with Crippen LogP contribution in [0.3, 0.4) is 0 Å². The smallest absolute Gasteiger partial charge is 0.192 e. The van der Waals surface area contributed by atoms with E-state index in [1.54, 1.807) is 0 Å². The van der Waals surface area contributed by atoms with Crippen molar-refractivity contribution in [1.29, 1.82) is 0 Å². The number of hydrogen-bond acceptors (Lipinski definition) is 6. The summed E-state index contributed by atoms with van der Waals surface area (Å²) in [6.07, 6.45) is -1.26. The Balaban J connectivity index is 8.02. The Kier molecular flexibility index (Phi) is 16.3. The quantitative estimate of drug-likeness (QED) is 0.158. The van der Waals surface area contributed by atoms with E-state index < -0.39 is 41.6 Å². The second kappa shape index (κ2) is 16.1. The van der Waals surface area contributed by atoms with Gasteiger partial charge in [-0.05, 0) is 97.7 Å². The minimum Gasteiger partial charge on any atom is -0.414 e. The van der Waals surface area contributed by atoms with Gasteiger partial charge in [0.05, 0.1) is 31.0 Å². The molecular weight excluding hydrogens is 679 g/mol. The van der Waals surface area contributed by atoms with Crippen molar-refractivity contribution < 1.29 is 22.1 Å². The van der Waals surface area contributed by atoms with Crippen LogP contribution in [0.4, 0.5) is 0 Å². The van der Waals surface area contributed by atoms with Gasteiger partial charge in [-0.15, -0.1) is 0 Å². The molecule has 290 valence electrons. The van der Waals surface area contributed by atoms with E-state index in [-0.39, 0.29) is 49.6 Å². The summed E-state index contributed by atoms with van der Waals surface area (Å²) in [5.74, 6) is 0. The summed E-state index contributed by atoms with van der Waals surface area (Å²) in [6.45, 7) is 59.5. The Morgan fingerprint density at radius 3 is 0.917 bits per heavy atom. The maximum atomic E-state index is 7.70. The van der Waals surface area contributed by atoms with Crippen LogP contribution in [0.5, 0.6) is 0 Å². The van der Waals surface area contributed by atoms with Gasteiger partial charge in [0.15, 0.2) is 41.6 Å². The molecule has 0 bridgehead atoms. The second-order valence-electron chi connectivity index (χ2n) is 22.1. The minimum atomic E-state index is -2.35. The highest BCUT2D eigenvalue weighted by Crippen LogP contribution is 2.46. The molecule has 1 unspecified atom stereocenters. The molecule has 0 saturated heterocycles. The summed E-state index contributed by atoms with van der Waals surface area (Å²) in [6, 6.07) is 0. The van der Waals surface area contributed by atoms with Gasteiger partial charge in [0.1, 0.15) is 0 Å². The molecule has 0 aromatic carbocycles. The highest BCUT2D eigenvalue weighted by molar-refractivity contribution is 6.76. The highest BCUT2D eigenvalue weighted by Gasteiger charge is 2.53. The molecule has 4 atom stereocenters. The van der Waals surface area contributed by atoms with Crippen LogP contribution >= 0.6 is 0 Å². The molecule has 0 rings (SSSR count). The summed E-state index contributed by atoms with van der Waals surface area (Å²) >= 11 is 0. The van der Waals surface area contributed by atoms with Crippen LogP contribution < -0.4 is 5.32 Å². The lowest BCUT2D eigenvalue weighted by molar-refractivity contribution is -0.0924. The summed E-state index contributed by atoms with van der Waals surface area (Å²) in [5.41, 5.74) is 0. The summed E-state index contributed by atoms with van der Waals surface area (Å²) in [5, 5.41) is 3.64. The maximum absolute atomic E-state index is 7.70. The summed E-state index contributed by atoms with van der Waals surface area (Å²) in [7, 11) is -9.28. The zero-order valence-electron chi connectivity index (χ0n) is 37.3. The maximum Gasteiger partial charge on any atom is 0.192 e. The average Bonchev–Trinajstić information content (AvgIpc) is 2.80. The molecule has 0 aromatic rings. The van der Waals surface area contributed by atoms with E-state index in [9.17, 15) is 0 Å². The van der Waals surface area contributed by atoms with Gasteiger partial charge >= 0.3 is 0 Å². The van der Waals surface area contributed by atoms with Gasteiger partial charge in [0, 0.05) is 6.54 Å². The lowest BCUT2D eigenvalue weighted by Gasteiger charge is -2.52. The van der Waals surface area contributed by atoms with Crippen molar-refractivity contribution >= 4 is 41.6 Å². The fourth-order valence-electron chi connectivity index (χ4n) is 3.98. The van der Waals surface area contributed by atoms with Crippen LogP contribution in [0, 0.1) is 0 Å². The zero-order chi connectivity index (χ0) is 39.0. The largest absolute Gasteiger partial charge is 0.414 e. The van der Waals surface area contributed by atoms with E-state index in [1.807, 2.05) is 7.05 Å². The Bertz CT molecular complexity index is 996. The number of likely N-dealkylation sites (N-methyl/N-ethyl adjacent to an activating group) is 1. The van der Waals surface area contributed by atoms with Crippen LogP contribution in [0.2, 0.25) is 90.7 Å². The Labute approximate surface area is 307 Å². The van der Waals surface area contributed by atoms with Crippen LogP contribution in [0.15, 0.2) is 0 Å². The van der Waals surface area contributed by atoms with E-state index in [0.29, 0.717) is 13.2 Å². The SMILES string of the molecule is CNCC(O[Si](C)(C)C(C)(C)C)[C@H](O[Si](C)(C)C(C)(C)C)[C@@H](O[Si](C)(C)C(C)(C)C)[C@H](CO[Si](C)(C)C(C)(C)C)O[Si](C)(C)C(C)(C)C. The summed E-state index contributed by atoms with van der Waals surface area (Å²) in [4.78, 5) is 0. The van der Waals surface area contributed by atoms with Gasteiger partial charge < -0.3 is 27.4 Å². The Morgan fingerprint density at radius 2 is 0.646 bits per heavy atom. The summed E-state index contributed by atoms with van der Waals surface area (Å²) < 4.78 is 37.4. The van der Waals surface area contributed by atoms with Gasteiger partial charge in [-0.3, -0.25) is 0 Å². The highest BCUT2D eigenvalue weighted by atomic mass is 28.4. The number of hydrogen-bond donors (Lipinski definition) is 1. The van der Waals surface area contributed by atoms with Crippen LogP contribution in [-0.2, 0) is 22.1 Å². The molecule has 0 radical (unpaired) electrons. The van der Waals surface area contributed by atoms with E-state index >= 15 is 0 Å². The Morgan fingerprint density at radius 1 is 0.396 bits per heavy atom. The van der Waals surface area contributed by atoms with Crippen molar-refractivity contribution in [1.82, 2.24) is 5.32 Å². The monoisotopic (exact) mass is 766 g/mol. The third kappa shape index (κ3) is 13.1. The molecule has 1 N–H and O–H groups in total. The van der Waals surface area contributed by atoms with E-state index in [2.05, 4.69) is 175 Å². The first-order valence-electron chi connectivity index (χ1n) is 18.7. The number of rotatable bonds is 16. The van der Waals surface area contributed by atoms with Crippen molar-refractivity contribution in [3.63, 3.8) is 0 Å². The predicted molar refractivity (Wildman–Crippen MR) is 225 cm³/mol. The molecular formula is C37H87NO5Si5. The fourth-order valence-corrected chi connectivity index (χ4v) is 10.3. The molecule has 0 aliphatic rings. The van der Waals surface area contributed by atoms with E-state index in [4.69, 9.17) is 22.1 Å². The van der Waals surface area contributed by atoms with Crippen molar-refractivity contribution in [3.8, 4) is 0 Å². The lowest BCUT2D eigenvalue weighted by atomic mass is 10.0. The van der Waals surface area contributed by atoms with Gasteiger partial charge in [-0.1, -0.05) is 104 Å². The lowest BCUT2D eigenvalue weighted by Crippen LogP contribution is -2.64. The van der Waals surface area contributed by atoms with Gasteiger partial charge in [0.2, 0.25) is 0 Å². The molecule has 0 saturated carbocycles. The van der Waals surface area contributed by atoms with Crippen molar-refractivity contribution in [2.45, 2.75) is 219 Å². The van der Waals surface area contributed by atoms with Crippen LogP contribution in [-0.4, -0.2) is 86.2 Å². The normalized spacial score (nSPS) is 18.1. The molecule has 48 heavy (non-hydrogen) atoms. The topological polar surface area (TPSA) is 58.2 Å². The minimum absolute atomic E-state index is 0.00135. The van der Waals surface area contributed by atoms with Crippen molar-refractivity contribution in [2.24, 2.45) is 0 Å². The molecule has 0 fully saturated rings. The molecule has 0 aliphatic heterocycles. The van der Waals surface area contributed by atoms with E-state index in [1.165, 1.54) is 0 Å². The molecule has 11 heteroatoms. The van der Waals surface area contributed by atoms with Crippen LogP contribution in [0.1, 0.15) is 104 Å². The molecule has 0 aliphatic carbocycles. The molecule has 6 nitrogen and oxygen atoms in total. The molecule has 0 aromatic heterocycles. The molecule has 0 heterocycles. The Hall–Kier alpha value is 0.844. The van der Waals surface area contributed by atoms with Gasteiger partial charge in [0.25, 0.3) is 0 Å².